The summed E-state index contributed by atoms with van der Waals surface area (Å²) in [6.45, 7) is 0.842. The molecule has 2 rings (SSSR count). The zero-order valence-corrected chi connectivity index (χ0v) is 13.0. The zero-order chi connectivity index (χ0) is 15.4. The highest BCUT2D eigenvalue weighted by molar-refractivity contribution is 9.10. The first-order valence-corrected chi connectivity index (χ1v) is 7.50. The van der Waals surface area contributed by atoms with E-state index in [-0.39, 0.29) is 17.9 Å². The van der Waals surface area contributed by atoms with Gasteiger partial charge in [0.15, 0.2) is 0 Å². The molecule has 21 heavy (non-hydrogen) atoms. The fraction of sp³-hybridized carbons (Fsp3) is 0.167. The Morgan fingerprint density at radius 3 is 2.48 bits per heavy atom. The van der Waals surface area contributed by atoms with Gasteiger partial charge < -0.3 is 5.32 Å². The molecule has 0 unspecified atom stereocenters. The van der Waals surface area contributed by atoms with Crippen molar-refractivity contribution >= 4 is 38.6 Å². The van der Waals surface area contributed by atoms with Crippen LogP contribution < -0.4 is 5.32 Å². The van der Waals surface area contributed by atoms with Gasteiger partial charge in [-0.15, -0.1) is 11.3 Å². The van der Waals surface area contributed by atoms with Gasteiger partial charge in [-0.25, -0.2) is 0 Å². The molecule has 1 aromatic carbocycles. The quantitative estimate of drug-likeness (QED) is 0.617. The van der Waals surface area contributed by atoms with Crippen LogP contribution in [0.4, 0.5) is 11.4 Å². The zero-order valence-electron chi connectivity index (χ0n) is 10.6. The Morgan fingerprint density at radius 1 is 1.14 bits per heavy atom. The number of benzene rings is 1. The molecule has 0 saturated heterocycles. The summed E-state index contributed by atoms with van der Waals surface area (Å²) < 4.78 is 0.991. The SMILES string of the molecule is O=[N+]([O-])c1ccc(CNCc2cc(Br)cs2)c([N+](=O)[O-])c1. The van der Waals surface area contributed by atoms with Crippen LogP contribution in [0.5, 0.6) is 0 Å². The number of non-ortho nitro benzene ring substituents is 1. The third-order valence-corrected chi connectivity index (χ3v) is 4.41. The van der Waals surface area contributed by atoms with E-state index in [0.29, 0.717) is 12.1 Å². The number of nitrogens with one attached hydrogen (secondary N) is 1. The lowest BCUT2D eigenvalue weighted by Crippen LogP contribution is -2.13. The van der Waals surface area contributed by atoms with E-state index in [1.165, 1.54) is 12.1 Å². The van der Waals surface area contributed by atoms with Gasteiger partial charge >= 0.3 is 0 Å². The van der Waals surface area contributed by atoms with E-state index in [9.17, 15) is 20.2 Å². The molecule has 9 heteroatoms. The molecule has 0 fully saturated rings. The van der Waals surface area contributed by atoms with Crippen LogP contribution in [-0.4, -0.2) is 9.85 Å². The lowest BCUT2D eigenvalue weighted by atomic mass is 10.1. The van der Waals surface area contributed by atoms with Gasteiger partial charge in [-0.3, -0.25) is 20.2 Å². The Bertz CT molecular complexity index is 689. The summed E-state index contributed by atoms with van der Waals surface area (Å²) in [5.74, 6) is 0. The van der Waals surface area contributed by atoms with Crippen LogP contribution in [0.3, 0.4) is 0 Å². The highest BCUT2D eigenvalue weighted by Gasteiger charge is 2.18. The third-order valence-electron chi connectivity index (χ3n) is 2.71. The lowest BCUT2D eigenvalue weighted by Gasteiger charge is -2.04. The molecule has 0 bridgehead atoms. The summed E-state index contributed by atoms with van der Waals surface area (Å²) in [5, 5.41) is 26.7. The van der Waals surface area contributed by atoms with E-state index in [0.717, 1.165) is 15.4 Å². The number of nitro groups is 2. The first-order chi connectivity index (χ1) is 9.97. The van der Waals surface area contributed by atoms with Crippen molar-refractivity contribution in [1.82, 2.24) is 5.32 Å². The monoisotopic (exact) mass is 371 g/mol. The predicted molar refractivity (Wildman–Crippen MR) is 82.3 cm³/mol. The van der Waals surface area contributed by atoms with Gasteiger partial charge in [0, 0.05) is 39.4 Å². The fourth-order valence-corrected chi connectivity index (χ4v) is 3.17. The molecule has 1 aromatic heterocycles. The summed E-state index contributed by atoms with van der Waals surface area (Å²) in [6.07, 6.45) is 0. The van der Waals surface area contributed by atoms with Crippen molar-refractivity contribution < 1.29 is 9.85 Å². The second-order valence-electron chi connectivity index (χ2n) is 4.16. The Labute approximate surface area is 132 Å². The van der Waals surface area contributed by atoms with Crippen LogP contribution in [0.1, 0.15) is 10.4 Å². The van der Waals surface area contributed by atoms with Gasteiger partial charge in [0.1, 0.15) is 0 Å². The Morgan fingerprint density at radius 2 is 1.90 bits per heavy atom. The van der Waals surface area contributed by atoms with Crippen molar-refractivity contribution in [3.05, 3.63) is 64.8 Å². The smallest absolute Gasteiger partial charge is 0.280 e. The molecule has 0 spiro atoms. The number of nitro benzene ring substituents is 2. The third kappa shape index (κ3) is 4.06. The summed E-state index contributed by atoms with van der Waals surface area (Å²) in [7, 11) is 0. The maximum atomic E-state index is 11.0. The van der Waals surface area contributed by atoms with Crippen molar-refractivity contribution in [3.8, 4) is 0 Å². The first kappa shape index (κ1) is 15.5. The number of nitrogens with zero attached hydrogens (tertiary/aromatic N) is 2. The Hall–Kier alpha value is -1.84. The minimum Gasteiger partial charge on any atom is -0.308 e. The number of hydrogen-bond donors (Lipinski definition) is 1. The minimum absolute atomic E-state index is 0.246. The molecule has 0 radical (unpaired) electrons. The first-order valence-electron chi connectivity index (χ1n) is 5.82. The fourth-order valence-electron chi connectivity index (χ4n) is 1.75. The molecule has 1 heterocycles. The maximum absolute atomic E-state index is 11.0. The van der Waals surface area contributed by atoms with E-state index in [2.05, 4.69) is 21.2 Å². The van der Waals surface area contributed by atoms with Gasteiger partial charge in [0.2, 0.25) is 0 Å². The van der Waals surface area contributed by atoms with Gasteiger partial charge in [-0.05, 0) is 28.1 Å². The van der Waals surface area contributed by atoms with Crippen LogP contribution in [0.2, 0.25) is 0 Å². The molecule has 0 aliphatic carbocycles. The normalized spacial score (nSPS) is 10.5. The van der Waals surface area contributed by atoms with Crippen molar-refractivity contribution in [2.24, 2.45) is 0 Å². The number of hydrogen-bond acceptors (Lipinski definition) is 6. The highest BCUT2D eigenvalue weighted by atomic mass is 79.9. The molecule has 0 saturated carbocycles. The van der Waals surface area contributed by atoms with Gasteiger partial charge in [0.05, 0.1) is 15.9 Å². The molecule has 110 valence electrons. The molecule has 0 aliphatic heterocycles. The van der Waals surface area contributed by atoms with Crippen molar-refractivity contribution in [1.29, 1.82) is 0 Å². The van der Waals surface area contributed by atoms with Crippen molar-refractivity contribution in [2.45, 2.75) is 13.1 Å². The topological polar surface area (TPSA) is 98.3 Å². The molecule has 7 nitrogen and oxygen atoms in total. The van der Waals surface area contributed by atoms with E-state index < -0.39 is 9.85 Å². The Balaban J connectivity index is 2.08. The molecular weight excluding hydrogens is 362 g/mol. The summed E-state index contributed by atoms with van der Waals surface area (Å²) in [4.78, 5) is 21.5. The summed E-state index contributed by atoms with van der Waals surface area (Å²) in [6, 6.07) is 5.63. The van der Waals surface area contributed by atoms with E-state index in [1.54, 1.807) is 11.3 Å². The van der Waals surface area contributed by atoms with E-state index >= 15 is 0 Å². The molecule has 0 atom stereocenters. The standard InChI is InChI=1S/C12H10BrN3O4S/c13-9-3-11(21-7-9)6-14-5-8-1-2-10(15(17)18)4-12(8)16(19)20/h1-4,7,14H,5-6H2. The van der Waals surface area contributed by atoms with Crippen molar-refractivity contribution in [2.75, 3.05) is 0 Å². The van der Waals surface area contributed by atoms with Gasteiger partial charge in [-0.1, -0.05) is 0 Å². The minimum atomic E-state index is -0.645. The van der Waals surface area contributed by atoms with Crippen LogP contribution in [0.25, 0.3) is 0 Å². The van der Waals surface area contributed by atoms with Gasteiger partial charge in [-0.2, -0.15) is 0 Å². The van der Waals surface area contributed by atoms with Crippen LogP contribution in [-0.2, 0) is 13.1 Å². The van der Waals surface area contributed by atoms with E-state index in [4.69, 9.17) is 0 Å². The summed E-state index contributed by atoms with van der Waals surface area (Å²) in [5.41, 5.74) is -0.113. The van der Waals surface area contributed by atoms with Crippen LogP contribution >= 0.6 is 27.3 Å². The largest absolute Gasteiger partial charge is 0.308 e. The predicted octanol–water partition coefficient (Wildman–Crippen LogP) is 3.62. The maximum Gasteiger partial charge on any atom is 0.280 e. The lowest BCUT2D eigenvalue weighted by molar-refractivity contribution is -0.394. The van der Waals surface area contributed by atoms with E-state index in [1.807, 2.05) is 11.4 Å². The Kier molecular flexibility index (Phi) is 4.99. The molecular formula is C12H10BrN3O4S. The van der Waals surface area contributed by atoms with Crippen LogP contribution in [0.15, 0.2) is 34.1 Å². The molecule has 2 aromatic rings. The average molecular weight is 372 g/mol. The number of halogens is 1. The second-order valence-corrected chi connectivity index (χ2v) is 6.07. The summed E-state index contributed by atoms with van der Waals surface area (Å²) >= 11 is 4.92. The molecule has 1 N–H and O–H groups in total. The number of thiophene rings is 1. The second kappa shape index (κ2) is 6.74. The molecule has 0 amide bonds. The van der Waals surface area contributed by atoms with Crippen LogP contribution in [0, 0.1) is 20.2 Å². The van der Waals surface area contributed by atoms with Gasteiger partial charge in [0.25, 0.3) is 11.4 Å². The molecule has 0 aliphatic rings. The average Bonchev–Trinajstić information content (AvgIpc) is 2.84. The number of rotatable bonds is 6. The highest BCUT2D eigenvalue weighted by Crippen LogP contribution is 2.25. The van der Waals surface area contributed by atoms with Crippen molar-refractivity contribution in [3.63, 3.8) is 0 Å².